The zero-order valence-corrected chi connectivity index (χ0v) is 17.0. The van der Waals surface area contributed by atoms with Crippen molar-refractivity contribution in [3.8, 4) is 5.75 Å². The molecule has 2 aromatic rings. The predicted molar refractivity (Wildman–Crippen MR) is 110 cm³/mol. The Balaban J connectivity index is 1.68. The van der Waals surface area contributed by atoms with Gasteiger partial charge in [-0.3, -0.25) is 0 Å². The lowest BCUT2D eigenvalue weighted by Crippen LogP contribution is -2.17. The fourth-order valence-electron chi connectivity index (χ4n) is 3.22. The fraction of sp³-hybridized carbons (Fsp3) is 0.458. The van der Waals surface area contributed by atoms with Gasteiger partial charge in [0.25, 0.3) is 0 Å². The van der Waals surface area contributed by atoms with Gasteiger partial charge in [-0.2, -0.15) is 0 Å². The number of carbonyl (C=O) groups is 1. The zero-order chi connectivity index (χ0) is 19.9. The quantitative estimate of drug-likeness (QED) is 0.550. The molecule has 146 valence electrons. The summed E-state index contributed by atoms with van der Waals surface area (Å²) in [6.45, 7) is 9.17. The van der Waals surface area contributed by atoms with Gasteiger partial charge < -0.3 is 9.84 Å². The first kappa shape index (κ1) is 21.0. The SMILES string of the molecule is Cc1ccc(C(=O)OCCC(C)CCCC(C)(C)c2ccc(O)cc2)cc1. The highest BCUT2D eigenvalue weighted by Gasteiger charge is 2.20. The molecule has 0 spiro atoms. The van der Waals surface area contributed by atoms with Crippen LogP contribution in [0.4, 0.5) is 0 Å². The molecule has 0 radical (unpaired) electrons. The topological polar surface area (TPSA) is 46.5 Å². The van der Waals surface area contributed by atoms with Crippen LogP contribution in [0.3, 0.4) is 0 Å². The van der Waals surface area contributed by atoms with Crippen LogP contribution >= 0.6 is 0 Å². The maximum absolute atomic E-state index is 12.0. The van der Waals surface area contributed by atoms with Gasteiger partial charge in [-0.25, -0.2) is 4.79 Å². The van der Waals surface area contributed by atoms with Gasteiger partial charge in [0, 0.05) is 0 Å². The smallest absolute Gasteiger partial charge is 0.338 e. The molecule has 0 aliphatic carbocycles. The third kappa shape index (κ3) is 6.74. The minimum atomic E-state index is -0.240. The van der Waals surface area contributed by atoms with Crippen LogP contribution in [0.5, 0.6) is 5.75 Å². The number of esters is 1. The van der Waals surface area contributed by atoms with Gasteiger partial charge in [0.05, 0.1) is 12.2 Å². The number of aromatic hydroxyl groups is 1. The Kier molecular flexibility index (Phi) is 7.46. The first-order valence-electron chi connectivity index (χ1n) is 9.81. The molecule has 3 heteroatoms. The van der Waals surface area contributed by atoms with Gasteiger partial charge in [-0.05, 0) is 60.9 Å². The van der Waals surface area contributed by atoms with Crippen LogP contribution in [0, 0.1) is 12.8 Å². The Bertz CT molecular complexity index is 714. The molecule has 0 aliphatic heterocycles. The summed E-state index contributed by atoms with van der Waals surface area (Å²) < 4.78 is 5.40. The maximum Gasteiger partial charge on any atom is 0.338 e. The van der Waals surface area contributed by atoms with E-state index >= 15 is 0 Å². The number of hydrogen-bond acceptors (Lipinski definition) is 3. The first-order valence-corrected chi connectivity index (χ1v) is 9.81. The van der Waals surface area contributed by atoms with E-state index in [-0.39, 0.29) is 11.4 Å². The number of aryl methyl sites for hydroxylation is 1. The number of carbonyl (C=O) groups excluding carboxylic acids is 1. The van der Waals surface area contributed by atoms with Crippen LogP contribution in [0.1, 0.15) is 67.9 Å². The van der Waals surface area contributed by atoms with Crippen molar-refractivity contribution in [3.05, 3.63) is 65.2 Å². The molecule has 3 nitrogen and oxygen atoms in total. The normalized spacial score (nSPS) is 12.6. The molecule has 1 unspecified atom stereocenters. The summed E-state index contributed by atoms with van der Waals surface area (Å²) in [5, 5.41) is 9.44. The van der Waals surface area contributed by atoms with Crippen molar-refractivity contribution in [2.75, 3.05) is 6.61 Å². The summed E-state index contributed by atoms with van der Waals surface area (Å²) in [7, 11) is 0. The second kappa shape index (κ2) is 9.59. The van der Waals surface area contributed by atoms with E-state index in [2.05, 4.69) is 20.8 Å². The van der Waals surface area contributed by atoms with Crippen LogP contribution in [-0.4, -0.2) is 17.7 Å². The molecule has 2 rings (SSSR count). The molecule has 0 heterocycles. The summed E-state index contributed by atoms with van der Waals surface area (Å²) in [5.41, 5.74) is 3.09. The number of ether oxygens (including phenoxy) is 1. The lowest BCUT2D eigenvalue weighted by atomic mass is 9.79. The molecule has 0 saturated heterocycles. The Morgan fingerprint density at radius 2 is 1.67 bits per heavy atom. The Hall–Kier alpha value is -2.29. The van der Waals surface area contributed by atoms with Crippen molar-refractivity contribution >= 4 is 5.97 Å². The molecule has 1 N–H and O–H groups in total. The van der Waals surface area contributed by atoms with Crippen molar-refractivity contribution in [1.82, 2.24) is 0 Å². The summed E-state index contributed by atoms with van der Waals surface area (Å²) in [6.07, 6.45) is 4.22. The molecule has 0 fully saturated rings. The minimum absolute atomic E-state index is 0.0886. The van der Waals surface area contributed by atoms with Gasteiger partial charge in [0.1, 0.15) is 5.75 Å². The fourth-order valence-corrected chi connectivity index (χ4v) is 3.22. The Labute approximate surface area is 163 Å². The van der Waals surface area contributed by atoms with Crippen molar-refractivity contribution in [3.63, 3.8) is 0 Å². The maximum atomic E-state index is 12.0. The van der Waals surface area contributed by atoms with E-state index in [1.807, 2.05) is 43.3 Å². The van der Waals surface area contributed by atoms with Gasteiger partial charge in [-0.15, -0.1) is 0 Å². The third-order valence-electron chi connectivity index (χ3n) is 5.28. The lowest BCUT2D eigenvalue weighted by Gasteiger charge is -2.26. The molecular weight excluding hydrogens is 336 g/mol. The third-order valence-corrected chi connectivity index (χ3v) is 5.28. The van der Waals surface area contributed by atoms with E-state index in [9.17, 15) is 9.90 Å². The number of phenolic OH excluding ortho intramolecular Hbond substituents is 1. The second-order valence-electron chi connectivity index (χ2n) is 8.22. The van der Waals surface area contributed by atoms with Gasteiger partial charge >= 0.3 is 5.97 Å². The molecule has 1 atom stereocenters. The summed E-state index contributed by atoms with van der Waals surface area (Å²) in [4.78, 5) is 12.0. The highest BCUT2D eigenvalue weighted by molar-refractivity contribution is 5.89. The average molecular weight is 369 g/mol. The molecule has 0 saturated carbocycles. The first-order chi connectivity index (χ1) is 12.8. The summed E-state index contributed by atoms with van der Waals surface area (Å²) in [5.74, 6) is 0.588. The largest absolute Gasteiger partial charge is 0.508 e. The van der Waals surface area contributed by atoms with Crippen LogP contribution in [0.2, 0.25) is 0 Å². The van der Waals surface area contributed by atoms with E-state index in [1.165, 1.54) is 5.56 Å². The van der Waals surface area contributed by atoms with Crippen molar-refractivity contribution in [1.29, 1.82) is 0 Å². The summed E-state index contributed by atoms with van der Waals surface area (Å²) >= 11 is 0. The Morgan fingerprint density at radius 3 is 2.30 bits per heavy atom. The van der Waals surface area contributed by atoms with Crippen molar-refractivity contribution in [2.24, 2.45) is 5.92 Å². The van der Waals surface area contributed by atoms with E-state index in [0.29, 0.717) is 23.8 Å². The predicted octanol–water partition coefficient (Wildman–Crippen LogP) is 6.03. The van der Waals surface area contributed by atoms with Crippen LogP contribution < -0.4 is 0 Å². The number of hydrogen-bond donors (Lipinski definition) is 1. The molecule has 27 heavy (non-hydrogen) atoms. The monoisotopic (exact) mass is 368 g/mol. The van der Waals surface area contributed by atoms with E-state index in [0.717, 1.165) is 31.2 Å². The minimum Gasteiger partial charge on any atom is -0.508 e. The lowest BCUT2D eigenvalue weighted by molar-refractivity contribution is 0.0483. The van der Waals surface area contributed by atoms with E-state index in [1.54, 1.807) is 12.1 Å². The van der Waals surface area contributed by atoms with Crippen LogP contribution in [0.25, 0.3) is 0 Å². The standard InChI is InChI=1S/C24H32O3/c1-18(15-17-27-23(26)20-9-7-19(2)8-10-20)6-5-16-24(3,4)21-11-13-22(25)14-12-21/h7-14,18,25H,5-6,15-17H2,1-4H3. The van der Waals surface area contributed by atoms with Crippen LogP contribution in [-0.2, 0) is 10.2 Å². The summed E-state index contributed by atoms with van der Waals surface area (Å²) in [6, 6.07) is 15.0. The molecular formula is C24H32O3. The molecule has 0 amide bonds. The highest BCUT2D eigenvalue weighted by Crippen LogP contribution is 2.31. The van der Waals surface area contributed by atoms with Crippen molar-refractivity contribution < 1.29 is 14.6 Å². The van der Waals surface area contributed by atoms with E-state index < -0.39 is 0 Å². The van der Waals surface area contributed by atoms with Gasteiger partial charge in [0.2, 0.25) is 0 Å². The number of benzene rings is 2. The second-order valence-corrected chi connectivity index (χ2v) is 8.22. The van der Waals surface area contributed by atoms with E-state index in [4.69, 9.17) is 4.74 Å². The number of phenols is 1. The molecule has 2 aromatic carbocycles. The van der Waals surface area contributed by atoms with Crippen LogP contribution in [0.15, 0.2) is 48.5 Å². The molecule has 0 bridgehead atoms. The zero-order valence-electron chi connectivity index (χ0n) is 17.0. The van der Waals surface area contributed by atoms with Gasteiger partial charge in [-0.1, -0.05) is 63.4 Å². The van der Waals surface area contributed by atoms with Gasteiger partial charge in [0.15, 0.2) is 0 Å². The Morgan fingerprint density at radius 1 is 1.04 bits per heavy atom. The molecule has 0 aromatic heterocycles. The molecule has 0 aliphatic rings. The van der Waals surface area contributed by atoms with Crippen molar-refractivity contribution in [2.45, 2.75) is 58.8 Å². The average Bonchev–Trinajstić information content (AvgIpc) is 2.62. The highest BCUT2D eigenvalue weighted by atomic mass is 16.5. The number of rotatable bonds is 9.